The highest BCUT2D eigenvalue weighted by molar-refractivity contribution is 5.68. The van der Waals surface area contributed by atoms with Gasteiger partial charge in [-0.1, -0.05) is 6.07 Å². The molecule has 1 aliphatic rings. The number of carbonyl (C=O) groups is 1. The summed E-state index contributed by atoms with van der Waals surface area (Å²) in [4.78, 5) is 17.2. The van der Waals surface area contributed by atoms with Gasteiger partial charge in [-0.25, -0.2) is 18.6 Å². The molecule has 1 saturated heterocycles. The zero-order valence-electron chi connectivity index (χ0n) is 13.8. The molecule has 7 heteroatoms. The molecule has 5 nitrogen and oxygen atoms in total. The van der Waals surface area contributed by atoms with Gasteiger partial charge in [0.05, 0.1) is 13.7 Å². The molecule has 1 atom stereocenters. The third-order valence-electron chi connectivity index (χ3n) is 3.50. The van der Waals surface area contributed by atoms with E-state index in [0.717, 1.165) is 4.90 Å². The first-order chi connectivity index (χ1) is 10.6. The van der Waals surface area contributed by atoms with Crippen LogP contribution in [-0.4, -0.2) is 47.7 Å². The van der Waals surface area contributed by atoms with Crippen molar-refractivity contribution >= 4 is 6.09 Å². The van der Waals surface area contributed by atoms with Crippen LogP contribution in [-0.2, 0) is 4.74 Å². The van der Waals surface area contributed by atoms with E-state index in [2.05, 4.69) is 4.98 Å². The van der Waals surface area contributed by atoms with Crippen LogP contribution >= 0.6 is 0 Å². The topological polar surface area (TPSA) is 51.7 Å². The fourth-order valence-corrected chi connectivity index (χ4v) is 2.54. The second-order valence-electron chi connectivity index (χ2n) is 6.75. The maximum atomic E-state index is 14.0. The third-order valence-corrected chi connectivity index (χ3v) is 3.50. The van der Waals surface area contributed by atoms with E-state index in [0.29, 0.717) is 11.4 Å². The van der Waals surface area contributed by atoms with Crippen LogP contribution in [0, 0.1) is 0 Å². The van der Waals surface area contributed by atoms with Gasteiger partial charge >= 0.3 is 6.09 Å². The lowest BCUT2D eigenvalue weighted by molar-refractivity contribution is -0.0756. The van der Waals surface area contributed by atoms with Crippen LogP contribution in [0.15, 0.2) is 18.3 Å². The largest absolute Gasteiger partial charge is 0.481 e. The Morgan fingerprint density at radius 3 is 2.61 bits per heavy atom. The van der Waals surface area contributed by atoms with Crippen LogP contribution in [0.3, 0.4) is 0 Å². The van der Waals surface area contributed by atoms with E-state index in [1.807, 2.05) is 0 Å². The molecular formula is C16H22F2N2O3. The van der Waals surface area contributed by atoms with Crippen LogP contribution in [0.4, 0.5) is 13.6 Å². The number of piperidine rings is 1. The molecule has 2 heterocycles. The zero-order chi connectivity index (χ0) is 17.3. The summed E-state index contributed by atoms with van der Waals surface area (Å²) < 4.78 is 38.2. The van der Waals surface area contributed by atoms with Crippen LogP contribution in [0.25, 0.3) is 0 Å². The van der Waals surface area contributed by atoms with Crippen LogP contribution in [0.2, 0.25) is 0 Å². The third kappa shape index (κ3) is 4.77. The number of nitrogens with zero attached hydrogens (tertiary/aromatic N) is 2. The summed E-state index contributed by atoms with van der Waals surface area (Å²) in [5, 5.41) is 0. The molecule has 0 unspecified atom stereocenters. The standard InChI is InChI=1S/C16H22F2N2O3/c1-15(2,3)23-14(21)20-9-12(7-16(17,18)10-20)11-5-6-13(22-4)19-8-11/h5-6,8,12H,7,9-10H2,1-4H3/t12-/m1/s1. The van der Waals surface area contributed by atoms with E-state index >= 15 is 0 Å². The first kappa shape index (κ1) is 17.4. The van der Waals surface area contributed by atoms with Crippen molar-refractivity contribution in [2.75, 3.05) is 20.2 Å². The smallest absolute Gasteiger partial charge is 0.410 e. The van der Waals surface area contributed by atoms with Gasteiger partial charge in [0.2, 0.25) is 5.88 Å². The van der Waals surface area contributed by atoms with Crippen molar-refractivity contribution in [2.24, 2.45) is 0 Å². The Labute approximate surface area is 134 Å². The minimum absolute atomic E-state index is 0.179. The lowest BCUT2D eigenvalue weighted by Crippen LogP contribution is -2.50. The molecule has 1 aromatic rings. The van der Waals surface area contributed by atoms with Gasteiger partial charge in [0.25, 0.3) is 5.92 Å². The number of likely N-dealkylation sites (tertiary alicyclic amines) is 1. The Morgan fingerprint density at radius 1 is 1.39 bits per heavy atom. The molecule has 1 aromatic heterocycles. The lowest BCUT2D eigenvalue weighted by atomic mass is 9.90. The van der Waals surface area contributed by atoms with Crippen LogP contribution in [0.5, 0.6) is 5.88 Å². The predicted octanol–water partition coefficient (Wildman–Crippen LogP) is 3.45. The lowest BCUT2D eigenvalue weighted by Gasteiger charge is -2.38. The number of methoxy groups -OCH3 is 1. The van der Waals surface area contributed by atoms with E-state index < -0.39 is 30.1 Å². The Balaban J connectivity index is 2.16. The molecule has 0 aliphatic carbocycles. The first-order valence-corrected chi connectivity index (χ1v) is 7.45. The quantitative estimate of drug-likeness (QED) is 0.834. The zero-order valence-corrected chi connectivity index (χ0v) is 13.8. The monoisotopic (exact) mass is 328 g/mol. The van der Waals surface area contributed by atoms with Gasteiger partial charge in [0, 0.05) is 31.1 Å². The van der Waals surface area contributed by atoms with Gasteiger partial charge in [-0.3, -0.25) is 0 Å². The Bertz CT molecular complexity index is 555. The minimum Gasteiger partial charge on any atom is -0.481 e. The molecule has 0 bridgehead atoms. The number of ether oxygens (including phenoxy) is 2. The van der Waals surface area contributed by atoms with Gasteiger partial charge in [-0.2, -0.15) is 0 Å². The van der Waals surface area contributed by atoms with Crippen molar-refractivity contribution in [3.05, 3.63) is 23.9 Å². The number of pyridine rings is 1. The molecule has 0 saturated carbocycles. The van der Waals surface area contributed by atoms with Crippen LogP contribution < -0.4 is 4.74 Å². The van der Waals surface area contributed by atoms with Crippen molar-refractivity contribution in [1.29, 1.82) is 0 Å². The second-order valence-corrected chi connectivity index (χ2v) is 6.75. The van der Waals surface area contributed by atoms with Crippen molar-refractivity contribution in [3.63, 3.8) is 0 Å². The molecule has 128 valence electrons. The highest BCUT2D eigenvalue weighted by atomic mass is 19.3. The van der Waals surface area contributed by atoms with Gasteiger partial charge in [-0.15, -0.1) is 0 Å². The molecule has 1 fully saturated rings. The molecule has 0 N–H and O–H groups in total. The predicted molar refractivity (Wildman–Crippen MR) is 80.9 cm³/mol. The second kappa shape index (κ2) is 6.29. The van der Waals surface area contributed by atoms with E-state index in [-0.39, 0.29) is 13.0 Å². The van der Waals surface area contributed by atoms with Crippen molar-refractivity contribution < 1.29 is 23.0 Å². The molecule has 1 aliphatic heterocycles. The Kier molecular flexibility index (Phi) is 4.77. The fourth-order valence-electron chi connectivity index (χ4n) is 2.54. The molecule has 0 aromatic carbocycles. The number of alkyl halides is 2. The minimum atomic E-state index is -2.96. The molecule has 0 spiro atoms. The number of hydrogen-bond donors (Lipinski definition) is 0. The summed E-state index contributed by atoms with van der Waals surface area (Å²) in [6, 6.07) is 3.32. The van der Waals surface area contributed by atoms with E-state index in [1.165, 1.54) is 13.3 Å². The van der Waals surface area contributed by atoms with Crippen molar-refractivity contribution in [2.45, 2.75) is 44.6 Å². The Morgan fingerprint density at radius 2 is 2.09 bits per heavy atom. The summed E-state index contributed by atoms with van der Waals surface area (Å²) in [7, 11) is 1.49. The van der Waals surface area contributed by atoms with Gasteiger partial charge < -0.3 is 14.4 Å². The average molecular weight is 328 g/mol. The number of halogens is 2. The maximum absolute atomic E-state index is 14.0. The van der Waals surface area contributed by atoms with E-state index in [1.54, 1.807) is 32.9 Å². The molecule has 0 radical (unpaired) electrons. The van der Waals surface area contributed by atoms with E-state index in [4.69, 9.17) is 9.47 Å². The summed E-state index contributed by atoms with van der Waals surface area (Å²) in [6.07, 6.45) is 0.474. The number of aromatic nitrogens is 1. The number of carbonyl (C=O) groups excluding carboxylic acids is 1. The highest BCUT2D eigenvalue weighted by Gasteiger charge is 2.43. The average Bonchev–Trinajstić information content (AvgIpc) is 2.44. The van der Waals surface area contributed by atoms with E-state index in [9.17, 15) is 13.6 Å². The van der Waals surface area contributed by atoms with Crippen molar-refractivity contribution in [3.8, 4) is 5.88 Å². The van der Waals surface area contributed by atoms with Crippen LogP contribution in [0.1, 0.15) is 38.7 Å². The SMILES string of the molecule is COc1ccc([C@H]2CN(C(=O)OC(C)(C)C)CC(F)(F)C2)cn1. The van der Waals surface area contributed by atoms with Gasteiger partial charge in [-0.05, 0) is 26.3 Å². The molecule has 23 heavy (non-hydrogen) atoms. The first-order valence-electron chi connectivity index (χ1n) is 7.45. The summed E-state index contributed by atoms with van der Waals surface area (Å²) in [6.45, 7) is 4.67. The summed E-state index contributed by atoms with van der Waals surface area (Å²) in [5.74, 6) is -3.04. The summed E-state index contributed by atoms with van der Waals surface area (Å²) in [5.41, 5.74) is -0.0696. The van der Waals surface area contributed by atoms with Gasteiger partial charge in [0.1, 0.15) is 5.60 Å². The number of amides is 1. The normalized spacial score (nSPS) is 21.0. The van der Waals surface area contributed by atoms with Crippen molar-refractivity contribution in [1.82, 2.24) is 9.88 Å². The number of rotatable bonds is 2. The molecular weight excluding hydrogens is 306 g/mol. The highest BCUT2D eigenvalue weighted by Crippen LogP contribution is 2.36. The Hall–Kier alpha value is -1.92. The molecule has 2 rings (SSSR count). The maximum Gasteiger partial charge on any atom is 0.410 e. The molecule has 1 amide bonds. The summed E-state index contributed by atoms with van der Waals surface area (Å²) >= 11 is 0. The van der Waals surface area contributed by atoms with Gasteiger partial charge in [0.15, 0.2) is 0 Å². The number of hydrogen-bond acceptors (Lipinski definition) is 4. The fraction of sp³-hybridized carbons (Fsp3) is 0.625.